The van der Waals surface area contributed by atoms with Crippen LogP contribution in [0.25, 0.3) is 0 Å². The first-order chi connectivity index (χ1) is 7.78. The minimum Gasteiger partial charge on any atom is -0.329 e. The standard InChI is InChI=1S/C11H17BrN2O2S/c1-8-4-10(12)6-11(5-8)17(15,16)14(3)9(2)7-13/h4-6,9H,7,13H2,1-3H3. The molecule has 96 valence electrons. The van der Waals surface area contributed by atoms with Gasteiger partial charge in [-0.05, 0) is 37.6 Å². The molecule has 1 unspecified atom stereocenters. The van der Waals surface area contributed by atoms with Gasteiger partial charge in [-0.15, -0.1) is 0 Å². The molecule has 0 aromatic heterocycles. The number of aryl methyl sites for hydroxylation is 1. The number of nitrogens with two attached hydrogens (primary N) is 1. The molecule has 0 spiro atoms. The van der Waals surface area contributed by atoms with Gasteiger partial charge in [0.2, 0.25) is 10.0 Å². The number of likely N-dealkylation sites (N-methyl/N-ethyl adjacent to an activating group) is 1. The molecule has 0 aliphatic carbocycles. The van der Waals surface area contributed by atoms with Crippen LogP contribution < -0.4 is 5.73 Å². The monoisotopic (exact) mass is 320 g/mol. The zero-order valence-electron chi connectivity index (χ0n) is 10.1. The number of halogens is 1. The Labute approximate surface area is 111 Å². The molecule has 1 aromatic rings. The Hall–Kier alpha value is -0.430. The van der Waals surface area contributed by atoms with Crippen molar-refractivity contribution >= 4 is 26.0 Å². The van der Waals surface area contributed by atoms with Crippen LogP contribution in [-0.4, -0.2) is 32.4 Å². The molecule has 1 rings (SSSR count). The van der Waals surface area contributed by atoms with Gasteiger partial charge in [0.05, 0.1) is 4.90 Å². The van der Waals surface area contributed by atoms with E-state index in [1.54, 1.807) is 26.1 Å². The zero-order valence-corrected chi connectivity index (χ0v) is 12.5. The van der Waals surface area contributed by atoms with Gasteiger partial charge in [0.25, 0.3) is 0 Å². The molecule has 0 radical (unpaired) electrons. The van der Waals surface area contributed by atoms with Crippen molar-refractivity contribution in [1.82, 2.24) is 4.31 Å². The van der Waals surface area contributed by atoms with Crippen molar-refractivity contribution in [2.24, 2.45) is 5.73 Å². The van der Waals surface area contributed by atoms with Crippen LogP contribution in [0.5, 0.6) is 0 Å². The Morgan fingerprint density at radius 3 is 2.47 bits per heavy atom. The van der Waals surface area contributed by atoms with Gasteiger partial charge in [-0.1, -0.05) is 15.9 Å². The molecule has 0 heterocycles. The summed E-state index contributed by atoms with van der Waals surface area (Å²) in [5.74, 6) is 0. The lowest BCUT2D eigenvalue weighted by Crippen LogP contribution is -2.39. The molecule has 0 fully saturated rings. The molecular weight excluding hydrogens is 304 g/mol. The largest absolute Gasteiger partial charge is 0.329 e. The van der Waals surface area contributed by atoms with Crippen LogP contribution >= 0.6 is 15.9 Å². The van der Waals surface area contributed by atoms with Crippen LogP contribution in [0.2, 0.25) is 0 Å². The highest BCUT2D eigenvalue weighted by molar-refractivity contribution is 9.10. The van der Waals surface area contributed by atoms with Crippen molar-refractivity contribution in [3.63, 3.8) is 0 Å². The summed E-state index contributed by atoms with van der Waals surface area (Å²) >= 11 is 3.30. The van der Waals surface area contributed by atoms with E-state index < -0.39 is 10.0 Å². The maximum atomic E-state index is 12.3. The minimum atomic E-state index is -3.47. The molecule has 0 bridgehead atoms. The number of sulfonamides is 1. The van der Waals surface area contributed by atoms with Gasteiger partial charge in [0, 0.05) is 24.1 Å². The Kier molecular flexibility index (Phi) is 4.71. The lowest BCUT2D eigenvalue weighted by Gasteiger charge is -2.23. The number of nitrogens with zero attached hydrogens (tertiary/aromatic N) is 1. The lowest BCUT2D eigenvalue weighted by molar-refractivity contribution is 0.394. The Bertz CT molecular complexity index is 482. The van der Waals surface area contributed by atoms with Gasteiger partial charge in [-0.2, -0.15) is 4.31 Å². The number of hydrogen-bond acceptors (Lipinski definition) is 3. The van der Waals surface area contributed by atoms with Crippen LogP contribution in [0.15, 0.2) is 27.6 Å². The molecule has 0 aliphatic rings. The Balaban J connectivity index is 3.22. The van der Waals surface area contributed by atoms with E-state index in [1.807, 2.05) is 13.0 Å². The molecule has 1 atom stereocenters. The van der Waals surface area contributed by atoms with Gasteiger partial charge in [0.15, 0.2) is 0 Å². The second kappa shape index (κ2) is 5.48. The normalized spacial score (nSPS) is 14.0. The van der Waals surface area contributed by atoms with Crippen LogP contribution in [-0.2, 0) is 10.0 Å². The molecule has 0 saturated heterocycles. The molecule has 0 saturated carbocycles. The SMILES string of the molecule is Cc1cc(Br)cc(S(=O)(=O)N(C)C(C)CN)c1. The van der Waals surface area contributed by atoms with E-state index in [9.17, 15) is 8.42 Å². The third-order valence-electron chi connectivity index (χ3n) is 2.65. The molecule has 6 heteroatoms. The van der Waals surface area contributed by atoms with Crippen LogP contribution in [0.1, 0.15) is 12.5 Å². The van der Waals surface area contributed by atoms with Gasteiger partial charge in [0.1, 0.15) is 0 Å². The molecule has 4 nitrogen and oxygen atoms in total. The first-order valence-electron chi connectivity index (χ1n) is 5.24. The number of hydrogen-bond donors (Lipinski definition) is 1. The van der Waals surface area contributed by atoms with Crippen molar-refractivity contribution in [3.8, 4) is 0 Å². The van der Waals surface area contributed by atoms with Gasteiger partial charge in [-0.25, -0.2) is 8.42 Å². The third-order valence-corrected chi connectivity index (χ3v) is 5.06. The topological polar surface area (TPSA) is 63.4 Å². The number of benzene rings is 1. The molecule has 0 amide bonds. The van der Waals surface area contributed by atoms with E-state index in [-0.39, 0.29) is 10.9 Å². The predicted molar refractivity (Wildman–Crippen MR) is 72.3 cm³/mol. The van der Waals surface area contributed by atoms with E-state index >= 15 is 0 Å². The highest BCUT2D eigenvalue weighted by Gasteiger charge is 2.24. The average molecular weight is 321 g/mol. The van der Waals surface area contributed by atoms with E-state index in [1.165, 1.54) is 4.31 Å². The Morgan fingerprint density at radius 2 is 2.00 bits per heavy atom. The summed E-state index contributed by atoms with van der Waals surface area (Å²) in [6, 6.07) is 4.90. The summed E-state index contributed by atoms with van der Waals surface area (Å²) in [7, 11) is -1.93. The summed E-state index contributed by atoms with van der Waals surface area (Å²) in [4.78, 5) is 0.284. The maximum absolute atomic E-state index is 12.3. The number of rotatable bonds is 4. The van der Waals surface area contributed by atoms with E-state index in [0.29, 0.717) is 6.54 Å². The molecule has 2 N–H and O–H groups in total. The van der Waals surface area contributed by atoms with Crippen LogP contribution in [0.4, 0.5) is 0 Å². The molecule has 0 aliphatic heterocycles. The summed E-state index contributed by atoms with van der Waals surface area (Å²) < 4.78 is 26.6. The maximum Gasteiger partial charge on any atom is 0.243 e. The molecule has 1 aromatic carbocycles. The quantitative estimate of drug-likeness (QED) is 0.918. The third kappa shape index (κ3) is 3.28. The summed E-state index contributed by atoms with van der Waals surface area (Å²) in [5, 5.41) is 0. The molecule has 17 heavy (non-hydrogen) atoms. The fourth-order valence-corrected chi connectivity index (χ4v) is 3.67. The van der Waals surface area contributed by atoms with Crippen molar-refractivity contribution in [1.29, 1.82) is 0 Å². The molecular formula is C11H17BrN2O2S. The second-order valence-electron chi connectivity index (χ2n) is 4.07. The summed E-state index contributed by atoms with van der Waals surface area (Å²) in [6.07, 6.45) is 0. The van der Waals surface area contributed by atoms with E-state index in [0.717, 1.165) is 10.0 Å². The van der Waals surface area contributed by atoms with Crippen molar-refractivity contribution < 1.29 is 8.42 Å². The second-order valence-corrected chi connectivity index (χ2v) is 6.98. The van der Waals surface area contributed by atoms with E-state index in [2.05, 4.69) is 15.9 Å². The van der Waals surface area contributed by atoms with Crippen molar-refractivity contribution in [3.05, 3.63) is 28.2 Å². The Morgan fingerprint density at radius 1 is 1.41 bits per heavy atom. The fourth-order valence-electron chi connectivity index (χ4n) is 1.40. The first-order valence-corrected chi connectivity index (χ1v) is 7.47. The van der Waals surface area contributed by atoms with Crippen LogP contribution in [0, 0.1) is 6.92 Å². The first kappa shape index (κ1) is 14.6. The highest BCUT2D eigenvalue weighted by atomic mass is 79.9. The predicted octanol–water partition coefficient (Wildman–Crippen LogP) is 1.73. The zero-order chi connectivity index (χ0) is 13.2. The van der Waals surface area contributed by atoms with Gasteiger partial charge < -0.3 is 5.73 Å². The van der Waals surface area contributed by atoms with Crippen LogP contribution in [0.3, 0.4) is 0 Å². The summed E-state index contributed by atoms with van der Waals surface area (Å²) in [5.41, 5.74) is 6.39. The smallest absolute Gasteiger partial charge is 0.243 e. The minimum absolute atomic E-state index is 0.223. The fraction of sp³-hybridized carbons (Fsp3) is 0.455. The summed E-state index contributed by atoms with van der Waals surface area (Å²) in [6.45, 7) is 3.93. The van der Waals surface area contributed by atoms with Gasteiger partial charge >= 0.3 is 0 Å². The average Bonchev–Trinajstić information content (AvgIpc) is 2.25. The van der Waals surface area contributed by atoms with Crippen molar-refractivity contribution in [2.75, 3.05) is 13.6 Å². The highest BCUT2D eigenvalue weighted by Crippen LogP contribution is 2.22. The van der Waals surface area contributed by atoms with E-state index in [4.69, 9.17) is 5.73 Å². The lowest BCUT2D eigenvalue weighted by atomic mass is 10.2. The van der Waals surface area contributed by atoms with Gasteiger partial charge in [-0.3, -0.25) is 0 Å². The van der Waals surface area contributed by atoms with Crippen molar-refractivity contribution in [2.45, 2.75) is 24.8 Å².